The first-order chi connectivity index (χ1) is 8.74. The summed E-state index contributed by atoms with van der Waals surface area (Å²) >= 11 is 0. The molecule has 0 spiro atoms. The van der Waals surface area contributed by atoms with Crippen LogP contribution in [0.2, 0.25) is 6.04 Å². The van der Waals surface area contributed by atoms with Crippen LogP contribution in [-0.4, -0.2) is 48.8 Å². The summed E-state index contributed by atoms with van der Waals surface area (Å²) < 4.78 is 17.3. The van der Waals surface area contributed by atoms with Gasteiger partial charge < -0.3 is 24.3 Å². The largest absolute Gasteiger partial charge is 0.500 e. The SMILES string of the molecule is CCNCCC[Si](OCC)(OCC)OCC.CN. The van der Waals surface area contributed by atoms with Gasteiger partial charge in [0.2, 0.25) is 0 Å². The van der Waals surface area contributed by atoms with Crippen LogP contribution in [0.15, 0.2) is 0 Å². The molecule has 0 unspecified atom stereocenters. The molecule has 0 fully saturated rings. The molecule has 18 heavy (non-hydrogen) atoms. The Kier molecular flexibility index (Phi) is 17.0. The van der Waals surface area contributed by atoms with Crippen molar-refractivity contribution in [2.75, 3.05) is 40.0 Å². The van der Waals surface area contributed by atoms with Gasteiger partial charge in [0.15, 0.2) is 0 Å². The molecule has 0 aromatic rings. The number of nitrogens with one attached hydrogen (secondary N) is 1. The number of hydrogen-bond acceptors (Lipinski definition) is 5. The van der Waals surface area contributed by atoms with Gasteiger partial charge in [0.1, 0.15) is 0 Å². The molecular weight excluding hydrogens is 248 g/mol. The minimum absolute atomic E-state index is 0.660. The summed E-state index contributed by atoms with van der Waals surface area (Å²) in [6, 6.07) is 0.898. The molecule has 0 heterocycles. The van der Waals surface area contributed by atoms with Gasteiger partial charge in [-0.3, -0.25) is 0 Å². The van der Waals surface area contributed by atoms with E-state index in [1.54, 1.807) is 0 Å². The molecule has 0 aromatic heterocycles. The molecular formula is C12H32N2O3Si. The summed E-state index contributed by atoms with van der Waals surface area (Å²) in [6.07, 6.45) is 1.04. The maximum atomic E-state index is 5.76. The van der Waals surface area contributed by atoms with Gasteiger partial charge in [-0.25, -0.2) is 0 Å². The second kappa shape index (κ2) is 15.1. The average molecular weight is 280 g/mol. The van der Waals surface area contributed by atoms with E-state index in [1.165, 1.54) is 7.05 Å². The number of hydrogen-bond donors (Lipinski definition) is 2. The summed E-state index contributed by atoms with van der Waals surface area (Å²) in [7, 11) is -0.886. The Morgan fingerprint density at radius 3 is 1.67 bits per heavy atom. The maximum Gasteiger partial charge on any atom is 0.500 e. The Morgan fingerprint density at radius 2 is 1.33 bits per heavy atom. The molecule has 0 radical (unpaired) electrons. The van der Waals surface area contributed by atoms with Crippen molar-refractivity contribution < 1.29 is 13.3 Å². The third-order valence-corrected chi connectivity index (χ3v) is 5.33. The van der Waals surface area contributed by atoms with Gasteiger partial charge in [-0.1, -0.05) is 6.92 Å². The highest BCUT2D eigenvalue weighted by molar-refractivity contribution is 6.60. The second-order valence-corrected chi connectivity index (χ2v) is 6.17. The van der Waals surface area contributed by atoms with Crippen LogP contribution in [0.3, 0.4) is 0 Å². The highest BCUT2D eigenvalue weighted by Crippen LogP contribution is 2.17. The molecule has 0 saturated carbocycles. The van der Waals surface area contributed by atoms with E-state index in [-0.39, 0.29) is 0 Å². The predicted molar refractivity (Wildman–Crippen MR) is 78.7 cm³/mol. The lowest BCUT2D eigenvalue weighted by atomic mass is 10.5. The summed E-state index contributed by atoms with van der Waals surface area (Å²) in [5.74, 6) is 0. The zero-order valence-corrected chi connectivity index (χ0v) is 13.8. The lowest BCUT2D eigenvalue weighted by Gasteiger charge is -2.28. The van der Waals surface area contributed by atoms with E-state index in [0.29, 0.717) is 19.8 Å². The molecule has 0 aromatic carbocycles. The van der Waals surface area contributed by atoms with Crippen molar-refractivity contribution in [3.8, 4) is 0 Å². The van der Waals surface area contributed by atoms with Gasteiger partial charge in [0.25, 0.3) is 0 Å². The molecule has 0 aliphatic rings. The third kappa shape index (κ3) is 9.99. The third-order valence-electron chi connectivity index (χ3n) is 2.18. The van der Waals surface area contributed by atoms with Gasteiger partial charge >= 0.3 is 8.80 Å². The molecule has 112 valence electrons. The molecule has 6 heteroatoms. The van der Waals surface area contributed by atoms with Crippen LogP contribution < -0.4 is 11.1 Å². The van der Waals surface area contributed by atoms with E-state index in [1.807, 2.05) is 20.8 Å². The molecule has 0 aliphatic heterocycles. The topological polar surface area (TPSA) is 65.7 Å². The Balaban J connectivity index is 0. The first kappa shape index (κ1) is 20.3. The van der Waals surface area contributed by atoms with Crippen molar-refractivity contribution in [1.29, 1.82) is 0 Å². The van der Waals surface area contributed by atoms with Gasteiger partial charge in [0, 0.05) is 25.9 Å². The Morgan fingerprint density at radius 1 is 0.889 bits per heavy atom. The summed E-state index contributed by atoms with van der Waals surface area (Å²) in [6.45, 7) is 12.1. The van der Waals surface area contributed by atoms with E-state index < -0.39 is 8.80 Å². The van der Waals surface area contributed by atoms with Crippen molar-refractivity contribution in [2.24, 2.45) is 5.73 Å². The average Bonchev–Trinajstić information content (AvgIpc) is 2.38. The quantitative estimate of drug-likeness (QED) is 0.445. The second-order valence-electron chi connectivity index (χ2n) is 3.44. The van der Waals surface area contributed by atoms with Gasteiger partial charge in [0.05, 0.1) is 0 Å². The monoisotopic (exact) mass is 280 g/mol. The number of rotatable bonds is 11. The van der Waals surface area contributed by atoms with Crippen molar-refractivity contribution >= 4 is 8.80 Å². The molecule has 0 saturated heterocycles. The number of nitrogens with two attached hydrogens (primary N) is 1. The zero-order valence-electron chi connectivity index (χ0n) is 12.8. The molecule has 0 aliphatic carbocycles. The van der Waals surface area contributed by atoms with E-state index in [0.717, 1.165) is 25.6 Å². The minimum atomic E-state index is -2.39. The van der Waals surface area contributed by atoms with Crippen LogP contribution in [0.1, 0.15) is 34.1 Å². The predicted octanol–water partition coefficient (Wildman–Crippen LogP) is 1.61. The molecule has 0 atom stereocenters. The smallest absolute Gasteiger partial charge is 0.374 e. The highest BCUT2D eigenvalue weighted by atomic mass is 28.4. The van der Waals surface area contributed by atoms with Crippen LogP contribution in [0.5, 0.6) is 0 Å². The normalized spacial score (nSPS) is 11.0. The highest BCUT2D eigenvalue weighted by Gasteiger charge is 2.39. The Hall–Kier alpha value is 0.0169. The van der Waals surface area contributed by atoms with E-state index in [9.17, 15) is 0 Å². The van der Waals surface area contributed by atoms with E-state index >= 15 is 0 Å². The van der Waals surface area contributed by atoms with Gasteiger partial charge in [-0.2, -0.15) is 0 Å². The lowest BCUT2D eigenvalue weighted by molar-refractivity contribution is 0.0708. The fourth-order valence-electron chi connectivity index (χ4n) is 1.61. The Labute approximate surface area is 114 Å². The van der Waals surface area contributed by atoms with Crippen LogP contribution in [0.25, 0.3) is 0 Å². The van der Waals surface area contributed by atoms with Crippen LogP contribution in [-0.2, 0) is 13.3 Å². The van der Waals surface area contributed by atoms with Gasteiger partial charge in [-0.05, 0) is 47.3 Å². The van der Waals surface area contributed by atoms with E-state index in [4.69, 9.17) is 13.3 Å². The molecule has 5 nitrogen and oxygen atoms in total. The molecule has 3 N–H and O–H groups in total. The van der Waals surface area contributed by atoms with E-state index in [2.05, 4.69) is 18.0 Å². The molecule has 0 bridgehead atoms. The standard InChI is InChI=1S/C11H27NO3Si.CH5N/c1-5-12-10-9-11-16(13-6-2,14-7-3)15-8-4;1-2/h12H,5-11H2,1-4H3;2H2,1H3. The van der Waals surface area contributed by atoms with Crippen molar-refractivity contribution in [1.82, 2.24) is 5.32 Å². The van der Waals surface area contributed by atoms with Gasteiger partial charge in [-0.15, -0.1) is 0 Å². The molecule has 0 rings (SSSR count). The lowest BCUT2D eigenvalue weighted by Crippen LogP contribution is -2.46. The van der Waals surface area contributed by atoms with Crippen LogP contribution >= 0.6 is 0 Å². The fourth-order valence-corrected chi connectivity index (χ4v) is 4.22. The summed E-state index contributed by atoms with van der Waals surface area (Å²) in [5, 5.41) is 3.30. The molecule has 0 amide bonds. The summed E-state index contributed by atoms with van der Waals surface area (Å²) in [4.78, 5) is 0. The van der Waals surface area contributed by atoms with Crippen molar-refractivity contribution in [2.45, 2.75) is 40.2 Å². The van der Waals surface area contributed by atoms with Crippen LogP contribution in [0.4, 0.5) is 0 Å². The summed E-state index contributed by atoms with van der Waals surface area (Å²) in [5.41, 5.74) is 4.50. The van der Waals surface area contributed by atoms with Crippen molar-refractivity contribution in [3.63, 3.8) is 0 Å². The maximum absolute atomic E-state index is 5.76. The first-order valence-electron chi connectivity index (χ1n) is 6.94. The minimum Gasteiger partial charge on any atom is -0.374 e. The zero-order chi connectivity index (χ0) is 14.3. The van der Waals surface area contributed by atoms with Crippen molar-refractivity contribution in [3.05, 3.63) is 0 Å². The fraction of sp³-hybridized carbons (Fsp3) is 1.00. The Bertz CT molecular complexity index is 145. The first-order valence-corrected chi connectivity index (χ1v) is 8.88. The van der Waals surface area contributed by atoms with Crippen LogP contribution in [0, 0.1) is 0 Å².